The monoisotopic (exact) mass is 417 g/mol. The molecule has 0 N–H and O–H groups in total. The van der Waals surface area contributed by atoms with E-state index in [0.717, 1.165) is 13.1 Å². The molecule has 4 rings (SSSR count). The van der Waals surface area contributed by atoms with Crippen LogP contribution in [0.15, 0.2) is 36.4 Å². The Hall–Kier alpha value is -2.42. The summed E-state index contributed by atoms with van der Waals surface area (Å²) in [5.74, 6) is -1.11. The van der Waals surface area contributed by atoms with E-state index in [0.29, 0.717) is 50.8 Å². The quantitative estimate of drug-likeness (QED) is 0.747. The average molecular weight is 417 g/mol. The van der Waals surface area contributed by atoms with Crippen LogP contribution in [0, 0.1) is 11.6 Å². The van der Waals surface area contributed by atoms with Gasteiger partial charge in [0.1, 0.15) is 17.7 Å². The summed E-state index contributed by atoms with van der Waals surface area (Å²) in [5.41, 5.74) is 1.21. The minimum Gasteiger partial charge on any atom is -0.379 e. The van der Waals surface area contributed by atoms with Crippen LogP contribution >= 0.6 is 0 Å². The molecule has 0 saturated carbocycles. The molecule has 2 saturated heterocycles. The Labute approximate surface area is 174 Å². The lowest BCUT2D eigenvalue weighted by Crippen LogP contribution is -2.48. The fourth-order valence-electron chi connectivity index (χ4n) is 3.76. The van der Waals surface area contributed by atoms with Crippen molar-refractivity contribution in [3.05, 3.63) is 65.0 Å². The molecule has 1 unspecified atom stereocenters. The zero-order valence-electron chi connectivity index (χ0n) is 16.7. The second-order valence-corrected chi connectivity index (χ2v) is 7.52. The average Bonchev–Trinajstić information content (AvgIpc) is 2.77. The molecule has 0 bridgehead atoms. The van der Waals surface area contributed by atoms with Gasteiger partial charge in [0.2, 0.25) is 5.91 Å². The Morgan fingerprint density at radius 3 is 2.53 bits per heavy atom. The second-order valence-electron chi connectivity index (χ2n) is 7.52. The molecule has 2 aliphatic rings. The molecule has 0 radical (unpaired) electrons. The molecule has 0 spiro atoms. The van der Waals surface area contributed by atoms with Crippen LogP contribution in [0.25, 0.3) is 0 Å². The van der Waals surface area contributed by atoms with Gasteiger partial charge in [0, 0.05) is 37.3 Å². The molecule has 2 aromatic rings. The van der Waals surface area contributed by atoms with Gasteiger partial charge in [-0.1, -0.05) is 12.1 Å². The van der Waals surface area contributed by atoms with E-state index in [1.54, 1.807) is 17.0 Å². The van der Waals surface area contributed by atoms with Crippen molar-refractivity contribution < 1.29 is 23.0 Å². The summed E-state index contributed by atoms with van der Waals surface area (Å²) in [5, 5.41) is 0. The van der Waals surface area contributed by atoms with Crippen molar-refractivity contribution in [1.29, 1.82) is 0 Å². The molecule has 1 atom stereocenters. The summed E-state index contributed by atoms with van der Waals surface area (Å²) < 4.78 is 39.1. The molecule has 1 aromatic carbocycles. The van der Waals surface area contributed by atoms with E-state index < -0.39 is 11.6 Å². The first-order valence-corrected chi connectivity index (χ1v) is 10.2. The third-order valence-electron chi connectivity index (χ3n) is 5.46. The van der Waals surface area contributed by atoms with Crippen molar-refractivity contribution in [3.8, 4) is 0 Å². The summed E-state index contributed by atoms with van der Waals surface area (Å²) >= 11 is 0. The van der Waals surface area contributed by atoms with E-state index in [1.807, 2.05) is 6.07 Å². The standard InChI is InChI=1S/C22H25F2N3O3/c23-18-4-2-5-19(24)17(18)13-16-3-1-6-20(25-16)21-14-27(9-12-30-21)22(28)15-26-7-10-29-11-8-26/h1-6,21H,7-15H2. The number of carbonyl (C=O) groups is 1. The predicted octanol–water partition coefficient (Wildman–Crippen LogP) is 2.18. The first-order valence-electron chi connectivity index (χ1n) is 10.2. The lowest BCUT2D eigenvalue weighted by atomic mass is 10.1. The molecule has 1 amide bonds. The number of rotatable bonds is 5. The van der Waals surface area contributed by atoms with Gasteiger partial charge in [-0.05, 0) is 24.3 Å². The van der Waals surface area contributed by atoms with Gasteiger partial charge in [-0.2, -0.15) is 0 Å². The van der Waals surface area contributed by atoms with Gasteiger partial charge in [-0.25, -0.2) is 8.78 Å². The molecular weight excluding hydrogens is 392 g/mol. The van der Waals surface area contributed by atoms with Crippen molar-refractivity contribution in [1.82, 2.24) is 14.8 Å². The van der Waals surface area contributed by atoms with Crippen molar-refractivity contribution >= 4 is 5.91 Å². The highest BCUT2D eigenvalue weighted by molar-refractivity contribution is 5.78. The fraction of sp³-hybridized carbons (Fsp3) is 0.455. The molecule has 8 heteroatoms. The molecule has 160 valence electrons. The van der Waals surface area contributed by atoms with E-state index in [2.05, 4.69) is 9.88 Å². The van der Waals surface area contributed by atoms with E-state index in [9.17, 15) is 13.6 Å². The van der Waals surface area contributed by atoms with Crippen LogP contribution < -0.4 is 0 Å². The number of amides is 1. The predicted molar refractivity (Wildman–Crippen MR) is 106 cm³/mol. The van der Waals surface area contributed by atoms with Crippen LogP contribution in [0.3, 0.4) is 0 Å². The smallest absolute Gasteiger partial charge is 0.236 e. The van der Waals surface area contributed by atoms with Crippen molar-refractivity contribution in [2.75, 3.05) is 52.5 Å². The summed E-state index contributed by atoms with van der Waals surface area (Å²) in [6.45, 7) is 4.57. The van der Waals surface area contributed by atoms with Gasteiger partial charge in [0.15, 0.2) is 0 Å². The topological polar surface area (TPSA) is 54.9 Å². The van der Waals surface area contributed by atoms with E-state index in [1.165, 1.54) is 18.2 Å². The van der Waals surface area contributed by atoms with Gasteiger partial charge in [0.25, 0.3) is 0 Å². The van der Waals surface area contributed by atoms with Crippen LogP contribution in [0.4, 0.5) is 8.78 Å². The summed E-state index contributed by atoms with van der Waals surface area (Å²) in [6.07, 6.45) is -0.309. The van der Waals surface area contributed by atoms with Gasteiger partial charge < -0.3 is 14.4 Å². The highest BCUT2D eigenvalue weighted by atomic mass is 19.1. The Balaban J connectivity index is 1.42. The Morgan fingerprint density at radius 2 is 1.77 bits per heavy atom. The summed E-state index contributed by atoms with van der Waals surface area (Å²) in [6, 6.07) is 9.18. The number of benzene rings is 1. The summed E-state index contributed by atoms with van der Waals surface area (Å²) in [7, 11) is 0. The largest absolute Gasteiger partial charge is 0.379 e. The number of hydrogen-bond acceptors (Lipinski definition) is 5. The number of hydrogen-bond donors (Lipinski definition) is 0. The molecular formula is C22H25F2N3O3. The number of aromatic nitrogens is 1. The van der Waals surface area contributed by atoms with Crippen molar-refractivity contribution in [2.45, 2.75) is 12.5 Å². The number of nitrogens with zero attached hydrogens (tertiary/aromatic N) is 3. The maximum absolute atomic E-state index is 14.0. The van der Waals surface area contributed by atoms with Crippen LogP contribution in [0.2, 0.25) is 0 Å². The number of halogens is 2. The van der Waals surface area contributed by atoms with Gasteiger partial charge in [-0.3, -0.25) is 14.7 Å². The fourth-order valence-corrected chi connectivity index (χ4v) is 3.76. The van der Waals surface area contributed by atoms with Crippen molar-refractivity contribution in [2.24, 2.45) is 0 Å². The van der Waals surface area contributed by atoms with Crippen LogP contribution in [0.5, 0.6) is 0 Å². The minimum atomic E-state index is -0.587. The molecule has 3 heterocycles. The van der Waals surface area contributed by atoms with Crippen LogP contribution in [0.1, 0.15) is 23.1 Å². The highest BCUT2D eigenvalue weighted by Gasteiger charge is 2.27. The SMILES string of the molecule is O=C(CN1CCOCC1)N1CCOC(c2cccc(Cc3c(F)cccc3F)n2)C1. The third kappa shape index (κ3) is 5.00. The maximum atomic E-state index is 14.0. The van der Waals surface area contributed by atoms with Gasteiger partial charge in [-0.15, -0.1) is 0 Å². The maximum Gasteiger partial charge on any atom is 0.236 e. The molecule has 6 nitrogen and oxygen atoms in total. The molecule has 30 heavy (non-hydrogen) atoms. The molecule has 1 aromatic heterocycles. The van der Waals surface area contributed by atoms with Gasteiger partial charge >= 0.3 is 0 Å². The zero-order chi connectivity index (χ0) is 20.9. The molecule has 2 fully saturated rings. The Morgan fingerprint density at radius 1 is 1.03 bits per heavy atom. The molecule has 0 aliphatic carbocycles. The normalized spacial score (nSPS) is 20.3. The third-order valence-corrected chi connectivity index (χ3v) is 5.46. The second kappa shape index (κ2) is 9.59. The number of ether oxygens (including phenoxy) is 2. The minimum absolute atomic E-state index is 0.00553. The van der Waals surface area contributed by atoms with Crippen LogP contribution in [-0.2, 0) is 20.7 Å². The lowest BCUT2D eigenvalue weighted by molar-refractivity contribution is -0.141. The van der Waals surface area contributed by atoms with Gasteiger partial charge in [0.05, 0.1) is 38.6 Å². The van der Waals surface area contributed by atoms with Crippen molar-refractivity contribution in [3.63, 3.8) is 0 Å². The zero-order valence-corrected chi connectivity index (χ0v) is 16.7. The van der Waals surface area contributed by atoms with E-state index >= 15 is 0 Å². The number of morpholine rings is 2. The summed E-state index contributed by atoms with van der Waals surface area (Å²) in [4.78, 5) is 21.2. The van der Waals surface area contributed by atoms with E-state index in [4.69, 9.17) is 9.47 Å². The lowest BCUT2D eigenvalue weighted by Gasteiger charge is -2.35. The number of carbonyl (C=O) groups excluding carboxylic acids is 1. The van der Waals surface area contributed by atoms with E-state index in [-0.39, 0.29) is 24.0 Å². The Bertz CT molecular complexity index is 869. The Kier molecular flexibility index (Phi) is 6.66. The highest BCUT2D eigenvalue weighted by Crippen LogP contribution is 2.23. The first kappa shape index (κ1) is 20.8. The van der Waals surface area contributed by atoms with Crippen LogP contribution in [-0.4, -0.2) is 73.2 Å². The first-order chi connectivity index (χ1) is 14.6. The molecule has 2 aliphatic heterocycles. The number of pyridine rings is 1.